The second-order valence-electron chi connectivity index (χ2n) is 4.68. The minimum Gasteiger partial charge on any atom is -0.353 e. The SMILES string of the molecule is CC1(C)CCCC(NC(=O)CS)C1. The molecule has 0 radical (unpaired) electrons. The number of carbonyl (C=O) groups excluding carboxylic acids is 1. The van der Waals surface area contributed by atoms with Crippen LogP contribution in [-0.4, -0.2) is 17.7 Å². The summed E-state index contributed by atoms with van der Waals surface area (Å²) in [5, 5.41) is 3.01. The average Bonchev–Trinajstić information content (AvgIpc) is 2.02. The Kier molecular flexibility index (Phi) is 3.65. The van der Waals surface area contributed by atoms with Crippen LogP contribution in [0.15, 0.2) is 0 Å². The lowest BCUT2D eigenvalue weighted by Crippen LogP contribution is -2.41. The van der Waals surface area contributed by atoms with Crippen molar-refractivity contribution in [1.82, 2.24) is 5.32 Å². The molecule has 76 valence electrons. The number of hydrogen-bond acceptors (Lipinski definition) is 2. The van der Waals surface area contributed by atoms with Gasteiger partial charge in [0, 0.05) is 6.04 Å². The molecule has 1 N–H and O–H groups in total. The predicted octanol–water partition coefficient (Wildman–Crippen LogP) is 2.00. The van der Waals surface area contributed by atoms with Gasteiger partial charge in [-0.2, -0.15) is 12.6 Å². The van der Waals surface area contributed by atoms with E-state index in [1.54, 1.807) is 0 Å². The van der Waals surface area contributed by atoms with E-state index in [0.717, 1.165) is 12.8 Å². The molecule has 0 bridgehead atoms. The Labute approximate surface area is 85.9 Å². The van der Waals surface area contributed by atoms with Crippen LogP contribution in [0.4, 0.5) is 0 Å². The van der Waals surface area contributed by atoms with Crippen molar-refractivity contribution in [2.45, 2.75) is 45.6 Å². The van der Waals surface area contributed by atoms with E-state index >= 15 is 0 Å². The van der Waals surface area contributed by atoms with E-state index in [-0.39, 0.29) is 5.91 Å². The fourth-order valence-electron chi connectivity index (χ4n) is 2.09. The van der Waals surface area contributed by atoms with Gasteiger partial charge in [-0.05, 0) is 24.7 Å². The number of thiol groups is 1. The minimum absolute atomic E-state index is 0.0611. The summed E-state index contributed by atoms with van der Waals surface area (Å²) in [6.45, 7) is 4.54. The number of amides is 1. The van der Waals surface area contributed by atoms with E-state index in [4.69, 9.17) is 0 Å². The van der Waals surface area contributed by atoms with Crippen molar-refractivity contribution < 1.29 is 4.79 Å². The van der Waals surface area contributed by atoms with Crippen LogP contribution in [-0.2, 0) is 4.79 Å². The van der Waals surface area contributed by atoms with Gasteiger partial charge in [0.2, 0.25) is 5.91 Å². The molecule has 1 unspecified atom stereocenters. The van der Waals surface area contributed by atoms with Crippen LogP contribution < -0.4 is 5.32 Å². The molecule has 1 aliphatic carbocycles. The molecule has 2 nitrogen and oxygen atoms in total. The van der Waals surface area contributed by atoms with Gasteiger partial charge in [0.1, 0.15) is 0 Å². The van der Waals surface area contributed by atoms with Gasteiger partial charge in [-0.1, -0.05) is 20.3 Å². The summed E-state index contributed by atoms with van der Waals surface area (Å²) in [5.74, 6) is 0.364. The highest BCUT2D eigenvalue weighted by molar-refractivity contribution is 7.81. The van der Waals surface area contributed by atoms with Crippen molar-refractivity contribution in [2.75, 3.05) is 5.75 Å². The molecule has 0 aromatic heterocycles. The third kappa shape index (κ3) is 3.59. The third-order valence-corrected chi connectivity index (χ3v) is 3.00. The molecule has 1 saturated carbocycles. The second kappa shape index (κ2) is 4.36. The van der Waals surface area contributed by atoms with Crippen LogP contribution in [0.1, 0.15) is 39.5 Å². The second-order valence-corrected chi connectivity index (χ2v) is 5.00. The highest BCUT2D eigenvalue weighted by Gasteiger charge is 2.28. The van der Waals surface area contributed by atoms with E-state index in [0.29, 0.717) is 17.2 Å². The number of hydrogen-bond donors (Lipinski definition) is 2. The highest BCUT2D eigenvalue weighted by atomic mass is 32.1. The van der Waals surface area contributed by atoms with Gasteiger partial charge in [0.15, 0.2) is 0 Å². The molecule has 0 saturated heterocycles. The maximum atomic E-state index is 11.1. The van der Waals surface area contributed by atoms with Crippen molar-refractivity contribution in [3.8, 4) is 0 Å². The molecular formula is C10H19NOS. The maximum Gasteiger partial charge on any atom is 0.229 e. The molecule has 3 heteroatoms. The van der Waals surface area contributed by atoms with Crippen molar-refractivity contribution >= 4 is 18.5 Å². The summed E-state index contributed by atoms with van der Waals surface area (Å²) in [6.07, 6.45) is 4.74. The van der Waals surface area contributed by atoms with Crippen LogP contribution in [0.25, 0.3) is 0 Å². The third-order valence-electron chi connectivity index (χ3n) is 2.71. The molecule has 1 atom stereocenters. The lowest BCUT2D eigenvalue weighted by atomic mass is 9.75. The molecule has 1 rings (SSSR count). The smallest absolute Gasteiger partial charge is 0.229 e. The van der Waals surface area contributed by atoms with Crippen molar-refractivity contribution in [2.24, 2.45) is 5.41 Å². The van der Waals surface area contributed by atoms with Crippen LogP contribution >= 0.6 is 12.6 Å². The molecule has 13 heavy (non-hydrogen) atoms. The first-order chi connectivity index (χ1) is 6.03. The number of nitrogens with one attached hydrogen (secondary N) is 1. The normalized spacial score (nSPS) is 26.8. The molecule has 0 spiro atoms. The van der Waals surface area contributed by atoms with Gasteiger partial charge in [0.05, 0.1) is 5.75 Å². The van der Waals surface area contributed by atoms with Crippen LogP contribution in [0.5, 0.6) is 0 Å². The van der Waals surface area contributed by atoms with Crippen molar-refractivity contribution in [1.29, 1.82) is 0 Å². The summed E-state index contributed by atoms with van der Waals surface area (Å²) in [5.41, 5.74) is 0.396. The van der Waals surface area contributed by atoms with Gasteiger partial charge < -0.3 is 5.32 Å². The van der Waals surface area contributed by atoms with E-state index in [2.05, 4.69) is 31.8 Å². The summed E-state index contributed by atoms with van der Waals surface area (Å²) in [7, 11) is 0. The largest absolute Gasteiger partial charge is 0.353 e. The van der Waals surface area contributed by atoms with E-state index in [1.807, 2.05) is 0 Å². The lowest BCUT2D eigenvalue weighted by molar-refractivity contribution is -0.119. The highest BCUT2D eigenvalue weighted by Crippen LogP contribution is 2.34. The van der Waals surface area contributed by atoms with Crippen LogP contribution in [0.2, 0.25) is 0 Å². The summed E-state index contributed by atoms with van der Waals surface area (Å²) >= 11 is 3.95. The topological polar surface area (TPSA) is 29.1 Å². The summed E-state index contributed by atoms with van der Waals surface area (Å²) in [6, 6.07) is 0.378. The zero-order valence-corrected chi connectivity index (χ0v) is 9.36. The number of rotatable bonds is 2. The molecular weight excluding hydrogens is 182 g/mol. The van der Waals surface area contributed by atoms with E-state index in [1.165, 1.54) is 12.8 Å². The quantitative estimate of drug-likeness (QED) is 0.657. The van der Waals surface area contributed by atoms with Crippen LogP contribution in [0.3, 0.4) is 0 Å². The fraction of sp³-hybridized carbons (Fsp3) is 0.900. The van der Waals surface area contributed by atoms with Crippen molar-refractivity contribution in [3.05, 3.63) is 0 Å². The first kappa shape index (κ1) is 10.9. The monoisotopic (exact) mass is 201 g/mol. The molecule has 1 aliphatic rings. The zero-order chi connectivity index (χ0) is 9.90. The molecule has 0 aliphatic heterocycles. The standard InChI is InChI=1S/C10H19NOS/c1-10(2)5-3-4-8(6-10)11-9(12)7-13/h8,13H,3-7H2,1-2H3,(H,11,12). The Hall–Kier alpha value is -0.180. The average molecular weight is 201 g/mol. The maximum absolute atomic E-state index is 11.1. The molecule has 0 heterocycles. The molecule has 1 fully saturated rings. The zero-order valence-electron chi connectivity index (χ0n) is 8.47. The van der Waals surface area contributed by atoms with Gasteiger partial charge in [0.25, 0.3) is 0 Å². The minimum atomic E-state index is 0.0611. The fourth-order valence-corrected chi connectivity index (χ4v) is 2.19. The van der Waals surface area contributed by atoms with E-state index < -0.39 is 0 Å². The Morgan fingerprint density at radius 2 is 2.31 bits per heavy atom. The lowest BCUT2D eigenvalue weighted by Gasteiger charge is -2.35. The summed E-state index contributed by atoms with van der Waals surface area (Å²) in [4.78, 5) is 11.1. The van der Waals surface area contributed by atoms with Gasteiger partial charge >= 0.3 is 0 Å². The van der Waals surface area contributed by atoms with Crippen molar-refractivity contribution in [3.63, 3.8) is 0 Å². The molecule has 0 aromatic carbocycles. The van der Waals surface area contributed by atoms with Gasteiger partial charge in [-0.15, -0.1) is 0 Å². The van der Waals surface area contributed by atoms with E-state index in [9.17, 15) is 4.79 Å². The first-order valence-corrected chi connectivity index (χ1v) is 5.57. The summed E-state index contributed by atoms with van der Waals surface area (Å²) < 4.78 is 0. The van der Waals surface area contributed by atoms with Gasteiger partial charge in [-0.25, -0.2) is 0 Å². The molecule has 1 amide bonds. The van der Waals surface area contributed by atoms with Gasteiger partial charge in [-0.3, -0.25) is 4.79 Å². The Balaban J connectivity index is 2.39. The first-order valence-electron chi connectivity index (χ1n) is 4.94. The predicted molar refractivity (Wildman–Crippen MR) is 58.0 cm³/mol. The number of carbonyl (C=O) groups is 1. The van der Waals surface area contributed by atoms with Crippen LogP contribution in [0, 0.1) is 5.41 Å². The Bertz CT molecular complexity index is 191. The Morgan fingerprint density at radius 1 is 1.62 bits per heavy atom. The Morgan fingerprint density at radius 3 is 2.85 bits per heavy atom. The molecule has 0 aromatic rings.